The number of carbonyl (C=O) groups is 1. The molecule has 0 aliphatic carbocycles. The summed E-state index contributed by atoms with van der Waals surface area (Å²) >= 11 is 3.87. The number of rotatable bonds is 7. The number of aromatic nitrogens is 1. The summed E-state index contributed by atoms with van der Waals surface area (Å²) in [5.41, 5.74) is 0.578. The van der Waals surface area contributed by atoms with Gasteiger partial charge in [0.1, 0.15) is 11.5 Å². The minimum atomic E-state index is -4.56. The Balaban J connectivity index is 1.75. The number of hydrogen-bond donors (Lipinski definition) is 1. The summed E-state index contributed by atoms with van der Waals surface area (Å²) in [4.78, 5) is 18.5. The number of pyridine rings is 1. The second-order valence-corrected chi connectivity index (χ2v) is 9.89. The van der Waals surface area contributed by atoms with Crippen LogP contribution in [0.2, 0.25) is 5.02 Å². The minimum Gasteiger partial charge on any atom is -0.772 e. The van der Waals surface area contributed by atoms with E-state index in [9.17, 15) is 26.7 Å². The van der Waals surface area contributed by atoms with Crippen molar-refractivity contribution in [1.29, 1.82) is 0 Å². The molecule has 0 saturated carbocycles. The second kappa shape index (κ2) is 11.0. The molecule has 2 aromatic rings. The minimum absolute atomic E-state index is 0.0245. The van der Waals surface area contributed by atoms with Crippen molar-refractivity contribution in [2.75, 3.05) is 18.0 Å². The van der Waals surface area contributed by atoms with E-state index in [0.717, 1.165) is 18.9 Å². The lowest BCUT2D eigenvalue weighted by molar-refractivity contribution is -0.141. The third-order valence-electron chi connectivity index (χ3n) is 6.03. The molecular formula is C23H26ClF3N3O3S-. The van der Waals surface area contributed by atoms with E-state index in [1.807, 2.05) is 4.90 Å². The highest BCUT2D eigenvalue weighted by Crippen LogP contribution is 2.32. The number of anilines is 1. The molecule has 11 heteroatoms. The molecule has 1 aromatic carbocycles. The van der Waals surface area contributed by atoms with Crippen molar-refractivity contribution >= 4 is 34.4 Å². The lowest BCUT2D eigenvalue weighted by Gasteiger charge is -2.33. The van der Waals surface area contributed by atoms with E-state index in [0.29, 0.717) is 35.7 Å². The first-order valence-corrected chi connectivity index (χ1v) is 12.5. The van der Waals surface area contributed by atoms with Gasteiger partial charge in [0.25, 0.3) is 0 Å². The average Bonchev–Trinajstić information content (AvgIpc) is 2.78. The van der Waals surface area contributed by atoms with E-state index < -0.39 is 28.9 Å². The van der Waals surface area contributed by atoms with Crippen LogP contribution >= 0.6 is 11.6 Å². The van der Waals surface area contributed by atoms with Crippen molar-refractivity contribution in [2.24, 2.45) is 5.92 Å². The Bertz CT molecular complexity index is 1060. The van der Waals surface area contributed by atoms with Gasteiger partial charge in [-0.15, -0.1) is 0 Å². The lowest BCUT2D eigenvalue weighted by Crippen LogP contribution is -2.35. The van der Waals surface area contributed by atoms with Crippen molar-refractivity contribution in [3.8, 4) is 0 Å². The van der Waals surface area contributed by atoms with Gasteiger partial charge in [0, 0.05) is 36.0 Å². The molecule has 1 aliphatic heterocycles. The van der Waals surface area contributed by atoms with Crippen LogP contribution in [-0.2, 0) is 34.3 Å². The van der Waals surface area contributed by atoms with Gasteiger partial charge in [-0.1, -0.05) is 47.8 Å². The van der Waals surface area contributed by atoms with E-state index in [-0.39, 0.29) is 29.0 Å². The summed E-state index contributed by atoms with van der Waals surface area (Å²) in [5.74, 6) is -0.426. The second-order valence-electron chi connectivity index (χ2n) is 8.58. The highest BCUT2D eigenvalue weighted by Gasteiger charge is 2.34. The van der Waals surface area contributed by atoms with Crippen molar-refractivity contribution in [2.45, 2.75) is 51.1 Å². The van der Waals surface area contributed by atoms with Crippen LogP contribution in [-0.4, -0.2) is 32.7 Å². The molecule has 2 heterocycles. The number of hydrogen-bond acceptors (Lipinski definition) is 5. The highest BCUT2D eigenvalue weighted by molar-refractivity contribution is 7.78. The third kappa shape index (κ3) is 6.70. The summed E-state index contributed by atoms with van der Waals surface area (Å²) in [6.07, 6.45) is -2.84. The van der Waals surface area contributed by atoms with Crippen molar-refractivity contribution in [3.63, 3.8) is 0 Å². The average molecular weight is 517 g/mol. The van der Waals surface area contributed by atoms with Gasteiger partial charge < -0.3 is 14.8 Å². The van der Waals surface area contributed by atoms with Crippen LogP contribution in [0.15, 0.2) is 30.3 Å². The number of halogens is 4. The fourth-order valence-corrected chi connectivity index (χ4v) is 4.67. The molecule has 1 N–H and O–H groups in total. The Kier molecular flexibility index (Phi) is 8.59. The molecular weight excluding hydrogens is 491 g/mol. The van der Waals surface area contributed by atoms with Crippen LogP contribution in [0.4, 0.5) is 19.0 Å². The summed E-state index contributed by atoms with van der Waals surface area (Å²) in [5, 5.41) is 3.03. The van der Waals surface area contributed by atoms with Gasteiger partial charge >= 0.3 is 6.18 Å². The predicted octanol–water partition coefficient (Wildman–Crippen LogP) is 4.79. The fourth-order valence-electron chi connectivity index (χ4n) is 3.83. The Labute approximate surface area is 204 Å². The van der Waals surface area contributed by atoms with Crippen molar-refractivity contribution in [3.05, 3.63) is 57.7 Å². The Morgan fingerprint density at radius 1 is 1.26 bits per heavy atom. The third-order valence-corrected chi connectivity index (χ3v) is 6.92. The van der Waals surface area contributed by atoms with E-state index in [1.165, 1.54) is 6.07 Å². The summed E-state index contributed by atoms with van der Waals surface area (Å²) in [6, 6.07) is 7.04. The normalized spacial score (nSPS) is 16.9. The largest absolute Gasteiger partial charge is 0.772 e. The molecule has 2 unspecified atom stereocenters. The molecule has 186 valence electrons. The maximum absolute atomic E-state index is 13.3. The summed E-state index contributed by atoms with van der Waals surface area (Å²) in [7, 11) is 0. The van der Waals surface area contributed by atoms with E-state index in [2.05, 4.69) is 17.2 Å². The van der Waals surface area contributed by atoms with Gasteiger partial charge in [-0.2, -0.15) is 13.2 Å². The van der Waals surface area contributed by atoms with E-state index in [1.54, 1.807) is 25.1 Å². The highest BCUT2D eigenvalue weighted by atomic mass is 35.5. The number of nitrogens with zero attached hydrogens (tertiary/aromatic N) is 2. The molecule has 0 radical (unpaired) electrons. The fraction of sp³-hybridized carbons (Fsp3) is 0.478. The van der Waals surface area contributed by atoms with Crippen LogP contribution in [0.3, 0.4) is 0 Å². The smallest absolute Gasteiger partial charge is 0.433 e. The van der Waals surface area contributed by atoms with Crippen LogP contribution in [0.25, 0.3) is 0 Å². The first-order valence-electron chi connectivity index (χ1n) is 10.9. The predicted molar refractivity (Wildman–Crippen MR) is 124 cm³/mol. The number of amides is 1. The van der Waals surface area contributed by atoms with Gasteiger partial charge in [-0.05, 0) is 48.9 Å². The Morgan fingerprint density at radius 2 is 1.91 bits per heavy atom. The summed E-state index contributed by atoms with van der Waals surface area (Å²) < 4.78 is 61.6. The Morgan fingerprint density at radius 3 is 2.50 bits per heavy atom. The van der Waals surface area contributed by atoms with Crippen molar-refractivity contribution < 1.29 is 26.7 Å². The van der Waals surface area contributed by atoms with E-state index in [4.69, 9.17) is 11.6 Å². The monoisotopic (exact) mass is 516 g/mol. The zero-order chi connectivity index (χ0) is 25.0. The first-order chi connectivity index (χ1) is 16.0. The van der Waals surface area contributed by atoms with E-state index >= 15 is 0 Å². The van der Waals surface area contributed by atoms with Crippen LogP contribution < -0.4 is 10.2 Å². The number of benzene rings is 1. The standard InChI is InChI=1S/C23H27ClF3N3O3S/c1-14-7-9-30(10-8-14)21-17(5-6-20(29-21)23(25,26)27)12-28-22(31)15(2)16-3-4-18(13-34(32)33)19(24)11-16/h3-6,11,14-15H,7-10,12-13H2,1-2H3,(H,28,31)(H,32,33)/p-1. The molecule has 6 nitrogen and oxygen atoms in total. The number of alkyl halides is 3. The molecule has 2 atom stereocenters. The molecule has 34 heavy (non-hydrogen) atoms. The van der Waals surface area contributed by atoms with Crippen LogP contribution in [0.5, 0.6) is 0 Å². The zero-order valence-corrected chi connectivity index (χ0v) is 20.4. The molecule has 1 aliphatic rings. The molecule has 0 spiro atoms. The van der Waals surface area contributed by atoms with Crippen molar-refractivity contribution in [1.82, 2.24) is 10.3 Å². The maximum Gasteiger partial charge on any atom is 0.433 e. The molecule has 1 saturated heterocycles. The lowest BCUT2D eigenvalue weighted by atomic mass is 9.98. The molecule has 1 fully saturated rings. The van der Waals surface area contributed by atoms with Gasteiger partial charge in [0.15, 0.2) is 0 Å². The Hall–Kier alpha value is -2.17. The van der Waals surface area contributed by atoms with Gasteiger partial charge in [-0.25, -0.2) is 4.98 Å². The molecule has 1 amide bonds. The number of nitrogens with one attached hydrogen (secondary N) is 1. The quantitative estimate of drug-likeness (QED) is 0.535. The SMILES string of the molecule is CC1CCN(c2nc(C(F)(F)F)ccc2CNC(=O)C(C)c2ccc(CS(=O)[O-])c(Cl)c2)CC1. The van der Waals surface area contributed by atoms with Crippen LogP contribution in [0, 0.1) is 5.92 Å². The molecule has 0 bridgehead atoms. The molecule has 1 aromatic heterocycles. The van der Waals surface area contributed by atoms with Gasteiger partial charge in [-0.3, -0.25) is 9.00 Å². The summed E-state index contributed by atoms with van der Waals surface area (Å²) in [6.45, 7) is 5.01. The topological polar surface area (TPSA) is 85.4 Å². The number of piperidine rings is 1. The zero-order valence-electron chi connectivity index (χ0n) is 18.8. The van der Waals surface area contributed by atoms with Gasteiger partial charge in [0.2, 0.25) is 5.91 Å². The molecule has 3 rings (SSSR count). The number of carbonyl (C=O) groups excluding carboxylic acids is 1. The maximum atomic E-state index is 13.3. The first kappa shape index (κ1) is 26.4. The van der Waals surface area contributed by atoms with Gasteiger partial charge in [0.05, 0.1) is 5.92 Å². The van der Waals surface area contributed by atoms with Crippen LogP contribution in [0.1, 0.15) is 55.0 Å².